The van der Waals surface area contributed by atoms with Gasteiger partial charge >= 0.3 is 6.09 Å². The zero-order chi connectivity index (χ0) is 20.5. The van der Waals surface area contributed by atoms with Crippen LogP contribution in [0.25, 0.3) is 28.1 Å². The third-order valence-corrected chi connectivity index (χ3v) is 5.09. The number of hydrogen-bond acceptors (Lipinski definition) is 7. The molecule has 0 unspecified atom stereocenters. The molecule has 150 valence electrons. The van der Waals surface area contributed by atoms with E-state index in [1.165, 1.54) is 4.90 Å². The van der Waals surface area contributed by atoms with E-state index in [1.54, 1.807) is 35.7 Å². The molecule has 10 nitrogen and oxygen atoms in total. The molecule has 0 radical (unpaired) electrons. The van der Waals surface area contributed by atoms with Gasteiger partial charge in [-0.05, 0) is 18.2 Å². The van der Waals surface area contributed by atoms with Gasteiger partial charge in [-0.25, -0.2) is 14.5 Å². The highest BCUT2D eigenvalue weighted by molar-refractivity contribution is 5.82. The molecule has 1 N–H and O–H groups in total. The monoisotopic (exact) mass is 402 g/mol. The number of nitrogens with zero attached hydrogens (tertiary/aromatic N) is 8. The molecule has 5 rings (SSSR count). The van der Waals surface area contributed by atoms with E-state index in [-0.39, 0.29) is 0 Å². The molecule has 1 saturated heterocycles. The van der Waals surface area contributed by atoms with Gasteiger partial charge in [-0.2, -0.15) is 5.10 Å². The van der Waals surface area contributed by atoms with Crippen molar-refractivity contribution in [2.75, 3.05) is 31.1 Å². The van der Waals surface area contributed by atoms with E-state index in [9.17, 15) is 4.79 Å². The van der Waals surface area contributed by atoms with Crippen LogP contribution in [0.2, 0.25) is 0 Å². The fraction of sp³-hybridized carbons (Fsp3) is 0.200. The summed E-state index contributed by atoms with van der Waals surface area (Å²) < 4.78 is 1.77. The fourth-order valence-corrected chi connectivity index (χ4v) is 3.51. The first-order valence-corrected chi connectivity index (χ1v) is 9.49. The van der Waals surface area contributed by atoms with Gasteiger partial charge in [-0.1, -0.05) is 6.07 Å². The predicted octanol–water partition coefficient (Wildman–Crippen LogP) is 2.07. The third kappa shape index (κ3) is 3.28. The third-order valence-electron chi connectivity index (χ3n) is 5.09. The van der Waals surface area contributed by atoms with Gasteiger partial charge in [0.25, 0.3) is 0 Å². The van der Waals surface area contributed by atoms with E-state index in [0.717, 1.165) is 16.7 Å². The molecule has 1 aliphatic rings. The van der Waals surface area contributed by atoms with Crippen molar-refractivity contribution < 1.29 is 9.90 Å². The number of amides is 1. The van der Waals surface area contributed by atoms with Crippen molar-refractivity contribution in [3.63, 3.8) is 0 Å². The Bertz CT molecular complexity index is 1200. The Balaban J connectivity index is 1.47. The molecule has 4 aromatic heterocycles. The summed E-state index contributed by atoms with van der Waals surface area (Å²) in [5, 5.41) is 14.5. The van der Waals surface area contributed by atoms with Crippen molar-refractivity contribution in [2.45, 2.75) is 0 Å². The molecule has 5 heterocycles. The van der Waals surface area contributed by atoms with Crippen molar-refractivity contribution in [1.29, 1.82) is 0 Å². The Kier molecular flexibility index (Phi) is 4.43. The molecule has 10 heteroatoms. The van der Waals surface area contributed by atoms with Crippen LogP contribution in [-0.2, 0) is 0 Å². The Morgan fingerprint density at radius 2 is 1.77 bits per heavy atom. The molecule has 4 aromatic rings. The summed E-state index contributed by atoms with van der Waals surface area (Å²) in [7, 11) is 0. The normalized spacial score (nSPS) is 14.3. The minimum absolute atomic E-state index is 0.457. The molecule has 0 saturated carbocycles. The lowest BCUT2D eigenvalue weighted by atomic mass is 10.2. The quantitative estimate of drug-likeness (QED) is 0.554. The molecule has 0 bridgehead atoms. The highest BCUT2D eigenvalue weighted by atomic mass is 16.4. The summed E-state index contributed by atoms with van der Waals surface area (Å²) >= 11 is 0. The highest BCUT2D eigenvalue weighted by Crippen LogP contribution is 2.23. The van der Waals surface area contributed by atoms with Gasteiger partial charge in [0, 0.05) is 50.2 Å². The summed E-state index contributed by atoms with van der Waals surface area (Å²) in [6.45, 7) is 2.12. The van der Waals surface area contributed by atoms with Crippen LogP contribution in [0.15, 0.2) is 55.2 Å². The topological polar surface area (TPSA) is 113 Å². The minimum atomic E-state index is -0.883. The van der Waals surface area contributed by atoms with Crippen molar-refractivity contribution in [3.8, 4) is 17.2 Å². The summed E-state index contributed by atoms with van der Waals surface area (Å²) in [6, 6.07) is 7.68. The first kappa shape index (κ1) is 18.0. The van der Waals surface area contributed by atoms with E-state index in [0.29, 0.717) is 43.4 Å². The number of piperazine rings is 1. The molecule has 0 atom stereocenters. The summed E-state index contributed by atoms with van der Waals surface area (Å²) in [5.74, 6) is 1.48. The number of carboxylic acid groups (broad SMARTS) is 1. The molecule has 30 heavy (non-hydrogen) atoms. The van der Waals surface area contributed by atoms with Crippen LogP contribution in [-0.4, -0.2) is 72.0 Å². The van der Waals surface area contributed by atoms with Crippen molar-refractivity contribution in [2.24, 2.45) is 0 Å². The molecule has 0 aliphatic carbocycles. The van der Waals surface area contributed by atoms with Crippen LogP contribution >= 0.6 is 0 Å². The number of fused-ring (bicyclic) bond motifs is 1. The Morgan fingerprint density at radius 3 is 2.53 bits per heavy atom. The maximum absolute atomic E-state index is 11.1. The van der Waals surface area contributed by atoms with E-state index in [2.05, 4.69) is 25.0 Å². The first-order valence-electron chi connectivity index (χ1n) is 9.49. The van der Waals surface area contributed by atoms with Crippen LogP contribution < -0.4 is 4.90 Å². The number of rotatable bonds is 3. The standard InChI is InChI=1S/C20H18N8O2/c29-20(30)27-8-6-26(7-9-27)18-2-1-3-19(25-18)28-17-10-15(16-13-21-4-5-22-16)23-11-14(17)12-24-28/h1-5,10-13H,6-9H2,(H,29,30). The lowest BCUT2D eigenvalue weighted by Crippen LogP contribution is -2.48. The Hall–Kier alpha value is -4.08. The lowest BCUT2D eigenvalue weighted by molar-refractivity contribution is 0.142. The number of carbonyl (C=O) groups is 1. The van der Waals surface area contributed by atoms with E-state index < -0.39 is 6.09 Å². The van der Waals surface area contributed by atoms with Gasteiger partial charge in [-0.3, -0.25) is 15.0 Å². The van der Waals surface area contributed by atoms with Gasteiger partial charge in [0.1, 0.15) is 11.5 Å². The molecule has 0 spiro atoms. The van der Waals surface area contributed by atoms with Crippen molar-refractivity contribution >= 4 is 22.8 Å². The second-order valence-corrected chi connectivity index (χ2v) is 6.89. The van der Waals surface area contributed by atoms with Crippen LogP contribution in [0.1, 0.15) is 0 Å². The predicted molar refractivity (Wildman–Crippen MR) is 109 cm³/mol. The van der Waals surface area contributed by atoms with Crippen LogP contribution in [0, 0.1) is 0 Å². The zero-order valence-electron chi connectivity index (χ0n) is 16.0. The summed E-state index contributed by atoms with van der Waals surface area (Å²) in [5.41, 5.74) is 2.26. The first-order chi connectivity index (χ1) is 14.7. The average Bonchev–Trinajstić information content (AvgIpc) is 3.23. The fourth-order valence-electron chi connectivity index (χ4n) is 3.51. The summed E-state index contributed by atoms with van der Waals surface area (Å²) in [4.78, 5) is 32.3. The van der Waals surface area contributed by atoms with Gasteiger partial charge < -0.3 is 14.9 Å². The van der Waals surface area contributed by atoms with Crippen LogP contribution in [0.4, 0.5) is 10.6 Å². The molecular weight excluding hydrogens is 384 g/mol. The van der Waals surface area contributed by atoms with Gasteiger partial charge in [0.2, 0.25) is 0 Å². The Morgan fingerprint density at radius 1 is 0.933 bits per heavy atom. The summed E-state index contributed by atoms with van der Waals surface area (Å²) in [6.07, 6.45) is 7.56. The molecule has 1 fully saturated rings. The SMILES string of the molecule is O=C(O)N1CCN(c2cccc(-n3ncc4cnc(-c5cnccn5)cc43)n2)CC1. The largest absolute Gasteiger partial charge is 0.465 e. The molecule has 1 amide bonds. The lowest BCUT2D eigenvalue weighted by Gasteiger charge is -2.33. The average molecular weight is 402 g/mol. The van der Waals surface area contributed by atoms with Gasteiger partial charge in [0.05, 0.1) is 23.6 Å². The highest BCUT2D eigenvalue weighted by Gasteiger charge is 2.21. The Labute approximate surface area is 171 Å². The molecule has 1 aliphatic heterocycles. The van der Waals surface area contributed by atoms with E-state index in [4.69, 9.17) is 10.1 Å². The molecule has 0 aromatic carbocycles. The van der Waals surface area contributed by atoms with Gasteiger partial charge in [0.15, 0.2) is 5.82 Å². The second-order valence-electron chi connectivity index (χ2n) is 6.89. The number of pyridine rings is 2. The van der Waals surface area contributed by atoms with Crippen molar-refractivity contribution in [1.82, 2.24) is 34.6 Å². The minimum Gasteiger partial charge on any atom is -0.465 e. The van der Waals surface area contributed by atoms with Crippen LogP contribution in [0.5, 0.6) is 0 Å². The van der Waals surface area contributed by atoms with Gasteiger partial charge in [-0.15, -0.1) is 0 Å². The zero-order valence-corrected chi connectivity index (χ0v) is 16.0. The maximum atomic E-state index is 11.1. The van der Waals surface area contributed by atoms with E-state index in [1.807, 2.05) is 24.3 Å². The maximum Gasteiger partial charge on any atom is 0.407 e. The smallest absolute Gasteiger partial charge is 0.407 e. The number of anilines is 1. The second kappa shape index (κ2) is 7.39. The molecular formula is C20H18N8O2. The van der Waals surface area contributed by atoms with E-state index >= 15 is 0 Å². The number of hydrogen-bond donors (Lipinski definition) is 1. The van der Waals surface area contributed by atoms with Crippen LogP contribution in [0.3, 0.4) is 0 Å². The van der Waals surface area contributed by atoms with Crippen molar-refractivity contribution in [3.05, 3.63) is 55.2 Å². The number of aromatic nitrogens is 6.